The van der Waals surface area contributed by atoms with Gasteiger partial charge < -0.3 is 5.32 Å². The lowest BCUT2D eigenvalue weighted by Gasteiger charge is -2.05. The Bertz CT molecular complexity index is 717. The molecule has 0 unspecified atom stereocenters. The zero-order chi connectivity index (χ0) is 14.7. The van der Waals surface area contributed by atoms with Crippen molar-refractivity contribution in [1.82, 2.24) is 0 Å². The zero-order valence-corrected chi connectivity index (χ0v) is 12.0. The van der Waals surface area contributed by atoms with E-state index in [9.17, 15) is 8.78 Å². The largest absolute Gasteiger partial charge is 0.380 e. The molecule has 2 aromatic carbocycles. The van der Waals surface area contributed by atoms with Crippen LogP contribution >= 0.6 is 11.3 Å². The van der Waals surface area contributed by atoms with Gasteiger partial charge in [-0.05, 0) is 29.8 Å². The minimum atomic E-state index is -0.575. The van der Waals surface area contributed by atoms with Crippen LogP contribution in [0.1, 0.15) is 4.88 Å². The molecule has 0 saturated carbocycles. The molecule has 0 spiro atoms. The lowest BCUT2D eigenvalue weighted by Crippen LogP contribution is -1.98. The Balaban J connectivity index is 1.70. The van der Waals surface area contributed by atoms with E-state index >= 15 is 0 Å². The summed E-state index contributed by atoms with van der Waals surface area (Å²) in [5.41, 5.74) is 1.62. The third-order valence-corrected chi connectivity index (χ3v) is 4.18. The van der Waals surface area contributed by atoms with Crippen molar-refractivity contribution >= 4 is 17.0 Å². The summed E-state index contributed by atoms with van der Waals surface area (Å²) in [7, 11) is 0. The molecule has 1 aromatic heterocycles. The van der Waals surface area contributed by atoms with Crippen molar-refractivity contribution in [2.45, 2.75) is 6.54 Å². The standard InChI is InChI=1S/C17H13F2NS/c18-13-8-14(19)10-15(9-13)20-11-16-6-7-17(21-16)12-4-2-1-3-5-12/h1-10,20H,11H2. The van der Waals surface area contributed by atoms with Crippen molar-refractivity contribution in [3.05, 3.63) is 77.2 Å². The van der Waals surface area contributed by atoms with Crippen LogP contribution in [0.2, 0.25) is 0 Å². The van der Waals surface area contributed by atoms with Gasteiger partial charge in [-0.25, -0.2) is 8.78 Å². The van der Waals surface area contributed by atoms with Crippen LogP contribution in [0.25, 0.3) is 10.4 Å². The van der Waals surface area contributed by atoms with Crippen LogP contribution in [0.15, 0.2) is 60.7 Å². The van der Waals surface area contributed by atoms with Crippen molar-refractivity contribution in [2.75, 3.05) is 5.32 Å². The molecule has 0 amide bonds. The molecule has 1 nitrogen and oxygen atoms in total. The zero-order valence-electron chi connectivity index (χ0n) is 11.1. The van der Waals surface area contributed by atoms with Crippen molar-refractivity contribution in [3.8, 4) is 10.4 Å². The molecule has 0 bridgehead atoms. The second-order valence-electron chi connectivity index (χ2n) is 4.64. The molecule has 0 radical (unpaired) electrons. The summed E-state index contributed by atoms with van der Waals surface area (Å²) in [5, 5.41) is 3.04. The van der Waals surface area contributed by atoms with E-state index in [4.69, 9.17) is 0 Å². The van der Waals surface area contributed by atoms with E-state index in [-0.39, 0.29) is 0 Å². The fourth-order valence-corrected chi connectivity index (χ4v) is 3.03. The highest BCUT2D eigenvalue weighted by atomic mass is 32.1. The fraction of sp³-hybridized carbons (Fsp3) is 0.0588. The first-order chi connectivity index (χ1) is 10.2. The summed E-state index contributed by atoms with van der Waals surface area (Å²) < 4.78 is 26.2. The van der Waals surface area contributed by atoms with Crippen molar-refractivity contribution < 1.29 is 8.78 Å². The van der Waals surface area contributed by atoms with Gasteiger partial charge in [0.15, 0.2) is 0 Å². The number of halogens is 2. The summed E-state index contributed by atoms with van der Waals surface area (Å²) in [6.45, 7) is 0.542. The molecule has 0 fully saturated rings. The lowest BCUT2D eigenvalue weighted by molar-refractivity contribution is 0.584. The van der Waals surface area contributed by atoms with Gasteiger partial charge in [-0.2, -0.15) is 0 Å². The quantitative estimate of drug-likeness (QED) is 0.689. The molecule has 4 heteroatoms. The molecular formula is C17H13F2NS. The van der Waals surface area contributed by atoms with E-state index < -0.39 is 11.6 Å². The Hall–Kier alpha value is -2.20. The van der Waals surface area contributed by atoms with Crippen LogP contribution in [-0.2, 0) is 6.54 Å². The minimum absolute atomic E-state index is 0.446. The van der Waals surface area contributed by atoms with Gasteiger partial charge in [0, 0.05) is 28.1 Å². The van der Waals surface area contributed by atoms with E-state index in [1.807, 2.05) is 24.3 Å². The Kier molecular flexibility index (Phi) is 3.97. The normalized spacial score (nSPS) is 10.6. The van der Waals surface area contributed by atoms with Crippen molar-refractivity contribution in [1.29, 1.82) is 0 Å². The molecule has 3 rings (SSSR count). The number of nitrogens with one attached hydrogen (secondary N) is 1. The first-order valence-electron chi connectivity index (χ1n) is 6.55. The van der Waals surface area contributed by atoms with Crippen LogP contribution < -0.4 is 5.32 Å². The molecule has 1 N–H and O–H groups in total. The highest BCUT2D eigenvalue weighted by molar-refractivity contribution is 7.15. The number of hydrogen-bond acceptors (Lipinski definition) is 2. The second-order valence-corrected chi connectivity index (χ2v) is 5.81. The monoisotopic (exact) mass is 301 g/mol. The van der Waals surface area contributed by atoms with Crippen LogP contribution in [0.4, 0.5) is 14.5 Å². The predicted molar refractivity (Wildman–Crippen MR) is 83.4 cm³/mol. The van der Waals surface area contributed by atoms with E-state index in [0.29, 0.717) is 12.2 Å². The van der Waals surface area contributed by atoms with E-state index in [1.165, 1.54) is 22.6 Å². The molecule has 0 aliphatic heterocycles. The van der Waals surface area contributed by atoms with Gasteiger partial charge in [-0.3, -0.25) is 0 Å². The molecule has 0 aliphatic carbocycles. The van der Waals surface area contributed by atoms with Crippen LogP contribution in [0, 0.1) is 11.6 Å². The summed E-state index contributed by atoms with van der Waals surface area (Å²) in [4.78, 5) is 2.29. The Morgan fingerprint density at radius 3 is 2.29 bits per heavy atom. The average molecular weight is 301 g/mol. The Labute approximate surface area is 125 Å². The van der Waals surface area contributed by atoms with E-state index in [1.54, 1.807) is 11.3 Å². The molecule has 0 aliphatic rings. The molecule has 3 aromatic rings. The summed E-state index contributed by atoms with van der Waals surface area (Å²) in [6, 6.07) is 17.6. The van der Waals surface area contributed by atoms with Gasteiger partial charge in [0.25, 0.3) is 0 Å². The van der Waals surface area contributed by atoms with Crippen LogP contribution in [0.3, 0.4) is 0 Å². The highest BCUT2D eigenvalue weighted by Crippen LogP contribution is 2.28. The smallest absolute Gasteiger partial charge is 0.128 e. The van der Waals surface area contributed by atoms with Gasteiger partial charge in [0.05, 0.1) is 0 Å². The highest BCUT2D eigenvalue weighted by Gasteiger charge is 2.04. The van der Waals surface area contributed by atoms with Gasteiger partial charge in [-0.15, -0.1) is 11.3 Å². The molecule has 0 saturated heterocycles. The summed E-state index contributed by atoms with van der Waals surface area (Å²) >= 11 is 1.66. The number of rotatable bonds is 4. The first-order valence-corrected chi connectivity index (χ1v) is 7.36. The Morgan fingerprint density at radius 2 is 1.57 bits per heavy atom. The van der Waals surface area contributed by atoms with Gasteiger partial charge >= 0.3 is 0 Å². The van der Waals surface area contributed by atoms with Gasteiger partial charge in [0.1, 0.15) is 11.6 Å². The minimum Gasteiger partial charge on any atom is -0.380 e. The number of anilines is 1. The third kappa shape index (κ3) is 3.47. The number of benzene rings is 2. The maximum Gasteiger partial charge on any atom is 0.128 e. The predicted octanol–water partition coefficient (Wildman–Crippen LogP) is 5.31. The summed E-state index contributed by atoms with van der Waals surface area (Å²) in [5.74, 6) is -1.15. The molecule has 106 valence electrons. The maximum absolute atomic E-state index is 13.1. The number of hydrogen-bond donors (Lipinski definition) is 1. The second kappa shape index (κ2) is 6.06. The molecule has 0 atom stereocenters. The Morgan fingerprint density at radius 1 is 0.857 bits per heavy atom. The van der Waals surface area contributed by atoms with Crippen LogP contribution in [-0.4, -0.2) is 0 Å². The first kappa shape index (κ1) is 13.8. The van der Waals surface area contributed by atoms with E-state index in [0.717, 1.165) is 10.9 Å². The molecule has 1 heterocycles. The van der Waals surface area contributed by atoms with Crippen molar-refractivity contribution in [3.63, 3.8) is 0 Å². The lowest BCUT2D eigenvalue weighted by atomic mass is 10.2. The average Bonchev–Trinajstić information content (AvgIpc) is 2.94. The van der Waals surface area contributed by atoms with Crippen LogP contribution in [0.5, 0.6) is 0 Å². The molecular weight excluding hydrogens is 288 g/mol. The van der Waals surface area contributed by atoms with Crippen molar-refractivity contribution in [2.24, 2.45) is 0 Å². The third-order valence-electron chi connectivity index (χ3n) is 3.05. The summed E-state index contributed by atoms with van der Waals surface area (Å²) in [6.07, 6.45) is 0. The topological polar surface area (TPSA) is 12.0 Å². The van der Waals surface area contributed by atoms with Gasteiger partial charge in [-0.1, -0.05) is 30.3 Å². The van der Waals surface area contributed by atoms with E-state index in [2.05, 4.69) is 23.5 Å². The molecule has 21 heavy (non-hydrogen) atoms. The maximum atomic E-state index is 13.1. The van der Waals surface area contributed by atoms with Gasteiger partial charge in [0.2, 0.25) is 0 Å². The SMILES string of the molecule is Fc1cc(F)cc(NCc2ccc(-c3ccccc3)s2)c1. The fourth-order valence-electron chi connectivity index (χ4n) is 2.08. The number of thiophene rings is 1.